The van der Waals surface area contributed by atoms with Gasteiger partial charge in [0.15, 0.2) is 5.78 Å². The molecule has 0 saturated carbocycles. The number of non-ortho nitro benzene ring substituents is 1. The molecule has 0 spiro atoms. The van der Waals surface area contributed by atoms with Gasteiger partial charge in [-0.05, 0) is 26.3 Å². The molecule has 4 amide bonds. The second-order valence-corrected chi connectivity index (χ2v) is 7.06. The largest absolute Gasteiger partial charge is 0.444 e. The Kier molecular flexibility index (Phi) is 5.87. The number of imide groups is 1. The lowest BCUT2D eigenvalue weighted by atomic mass is 10.1. The SMILES string of the molecule is CC(=O)c1c(C)oc(NC(=O)CCCN2C(=O)c3ccc([N+](=O)[O-])cc3C2=O)c1C(N)=O. The van der Waals surface area contributed by atoms with Crippen LogP contribution in [0, 0.1) is 17.0 Å². The number of Topliss-reactive ketones (excluding diaryl/α,β-unsaturated/α-hetero) is 1. The van der Waals surface area contributed by atoms with Crippen LogP contribution < -0.4 is 11.1 Å². The molecule has 0 radical (unpaired) electrons. The fourth-order valence-corrected chi connectivity index (χ4v) is 3.47. The number of furan rings is 1. The van der Waals surface area contributed by atoms with Gasteiger partial charge in [0.05, 0.1) is 21.6 Å². The Morgan fingerprint density at radius 3 is 2.41 bits per heavy atom. The second-order valence-electron chi connectivity index (χ2n) is 7.06. The molecule has 1 aliphatic heterocycles. The highest BCUT2D eigenvalue weighted by atomic mass is 16.6. The number of nitro groups is 1. The van der Waals surface area contributed by atoms with Crippen LogP contribution in [-0.2, 0) is 4.79 Å². The lowest BCUT2D eigenvalue weighted by Gasteiger charge is -2.13. The number of hydrogen-bond donors (Lipinski definition) is 2. The molecule has 12 nitrogen and oxygen atoms in total. The first-order valence-electron chi connectivity index (χ1n) is 9.41. The molecule has 3 N–H and O–H groups in total. The number of carbonyl (C=O) groups is 5. The van der Waals surface area contributed by atoms with E-state index < -0.39 is 34.3 Å². The van der Waals surface area contributed by atoms with Gasteiger partial charge in [-0.1, -0.05) is 0 Å². The highest BCUT2D eigenvalue weighted by Crippen LogP contribution is 2.28. The summed E-state index contributed by atoms with van der Waals surface area (Å²) in [4.78, 5) is 71.7. The van der Waals surface area contributed by atoms with Crippen molar-refractivity contribution in [2.24, 2.45) is 5.73 Å². The molecular formula is C20H18N4O8. The second kappa shape index (κ2) is 8.41. The van der Waals surface area contributed by atoms with E-state index in [-0.39, 0.29) is 59.0 Å². The van der Waals surface area contributed by atoms with Gasteiger partial charge in [0.25, 0.3) is 23.4 Å². The first kappa shape index (κ1) is 22.3. The third kappa shape index (κ3) is 3.97. The van der Waals surface area contributed by atoms with Crippen LogP contribution in [0.2, 0.25) is 0 Å². The Morgan fingerprint density at radius 1 is 1.16 bits per heavy atom. The zero-order valence-electron chi connectivity index (χ0n) is 17.1. The first-order chi connectivity index (χ1) is 15.0. The number of anilines is 1. The molecule has 1 aliphatic rings. The van der Waals surface area contributed by atoms with Crippen LogP contribution in [0.5, 0.6) is 0 Å². The molecule has 1 aromatic carbocycles. The summed E-state index contributed by atoms with van der Waals surface area (Å²) in [5, 5.41) is 13.3. The fourth-order valence-electron chi connectivity index (χ4n) is 3.47. The zero-order valence-corrected chi connectivity index (χ0v) is 17.1. The predicted molar refractivity (Wildman–Crippen MR) is 108 cm³/mol. The number of primary amides is 1. The maximum absolute atomic E-state index is 12.5. The molecule has 166 valence electrons. The van der Waals surface area contributed by atoms with E-state index in [9.17, 15) is 34.1 Å². The Balaban J connectivity index is 1.65. The van der Waals surface area contributed by atoms with Crippen LogP contribution in [0.25, 0.3) is 0 Å². The lowest BCUT2D eigenvalue weighted by molar-refractivity contribution is -0.384. The van der Waals surface area contributed by atoms with Gasteiger partial charge in [0.2, 0.25) is 11.8 Å². The summed E-state index contributed by atoms with van der Waals surface area (Å²) in [6.07, 6.45) is -0.0779. The van der Waals surface area contributed by atoms with E-state index in [1.807, 2.05) is 0 Å². The van der Waals surface area contributed by atoms with Gasteiger partial charge >= 0.3 is 0 Å². The fraction of sp³-hybridized carbons (Fsp3) is 0.250. The standard InChI is InChI=1S/C20H18N4O8/c1-9(25)15-10(2)32-18(16(15)17(21)27)22-14(26)4-3-7-23-19(28)12-6-5-11(24(30)31)8-13(12)20(23)29/h5-6,8H,3-4,7H2,1-2H3,(H2,21,27)(H,22,26). The molecule has 0 aliphatic carbocycles. The monoisotopic (exact) mass is 442 g/mol. The highest BCUT2D eigenvalue weighted by Gasteiger charge is 2.36. The molecule has 12 heteroatoms. The Hall–Kier alpha value is -4.35. The van der Waals surface area contributed by atoms with Crippen molar-refractivity contribution in [1.82, 2.24) is 4.90 Å². The number of nitrogens with two attached hydrogens (primary N) is 1. The molecule has 0 saturated heterocycles. The average molecular weight is 442 g/mol. The van der Waals surface area contributed by atoms with E-state index in [2.05, 4.69) is 5.32 Å². The zero-order chi connectivity index (χ0) is 23.7. The summed E-state index contributed by atoms with van der Waals surface area (Å²) in [7, 11) is 0. The summed E-state index contributed by atoms with van der Waals surface area (Å²) >= 11 is 0. The predicted octanol–water partition coefficient (Wildman–Crippen LogP) is 1.81. The summed E-state index contributed by atoms with van der Waals surface area (Å²) in [5.41, 5.74) is 4.73. The van der Waals surface area contributed by atoms with E-state index in [0.717, 1.165) is 17.0 Å². The smallest absolute Gasteiger partial charge is 0.270 e. The minimum Gasteiger partial charge on any atom is -0.444 e. The van der Waals surface area contributed by atoms with Gasteiger partial charge in [0.1, 0.15) is 11.3 Å². The summed E-state index contributed by atoms with van der Waals surface area (Å²) in [6, 6.07) is 3.40. The van der Waals surface area contributed by atoms with Gasteiger partial charge in [-0.25, -0.2) is 0 Å². The van der Waals surface area contributed by atoms with E-state index in [4.69, 9.17) is 10.2 Å². The van der Waals surface area contributed by atoms with Crippen LogP contribution in [0.3, 0.4) is 0 Å². The van der Waals surface area contributed by atoms with Crippen molar-refractivity contribution in [1.29, 1.82) is 0 Å². The molecule has 0 atom stereocenters. The molecule has 32 heavy (non-hydrogen) atoms. The van der Waals surface area contributed by atoms with Gasteiger partial charge < -0.3 is 10.2 Å². The van der Waals surface area contributed by atoms with E-state index in [1.165, 1.54) is 19.9 Å². The number of nitro benzene ring substituents is 1. The number of amides is 4. The molecule has 2 heterocycles. The number of nitrogens with zero attached hydrogens (tertiary/aromatic N) is 2. The number of hydrogen-bond acceptors (Lipinski definition) is 8. The third-order valence-electron chi connectivity index (χ3n) is 4.89. The van der Waals surface area contributed by atoms with E-state index in [1.54, 1.807) is 0 Å². The van der Waals surface area contributed by atoms with Gasteiger partial charge in [-0.15, -0.1) is 0 Å². The van der Waals surface area contributed by atoms with Crippen LogP contribution in [0.1, 0.15) is 67.0 Å². The molecule has 0 bridgehead atoms. The van der Waals surface area contributed by atoms with Crippen molar-refractivity contribution in [3.63, 3.8) is 0 Å². The van der Waals surface area contributed by atoms with Crippen molar-refractivity contribution in [3.05, 3.63) is 56.3 Å². The van der Waals surface area contributed by atoms with Gasteiger partial charge in [-0.3, -0.25) is 44.3 Å². The Bertz CT molecular complexity index is 1200. The number of nitrogens with one attached hydrogen (secondary N) is 1. The van der Waals surface area contributed by atoms with Crippen LogP contribution in [0.15, 0.2) is 22.6 Å². The Morgan fingerprint density at radius 2 is 1.81 bits per heavy atom. The number of fused-ring (bicyclic) bond motifs is 1. The first-order valence-corrected chi connectivity index (χ1v) is 9.41. The number of aryl methyl sites for hydroxylation is 1. The number of ketones is 1. The molecule has 1 aromatic heterocycles. The van der Waals surface area contributed by atoms with E-state index in [0.29, 0.717) is 0 Å². The number of benzene rings is 1. The third-order valence-corrected chi connectivity index (χ3v) is 4.89. The maximum Gasteiger partial charge on any atom is 0.270 e. The maximum atomic E-state index is 12.5. The minimum absolute atomic E-state index is 0.0204. The summed E-state index contributed by atoms with van der Waals surface area (Å²) in [5.74, 6) is -3.40. The molecular weight excluding hydrogens is 424 g/mol. The summed E-state index contributed by atoms with van der Waals surface area (Å²) < 4.78 is 5.30. The quantitative estimate of drug-likeness (QED) is 0.268. The molecule has 2 aromatic rings. The van der Waals surface area contributed by atoms with Crippen molar-refractivity contribution in [2.75, 3.05) is 11.9 Å². The average Bonchev–Trinajstić information content (AvgIpc) is 3.16. The minimum atomic E-state index is -0.942. The number of rotatable bonds is 8. The van der Waals surface area contributed by atoms with Crippen molar-refractivity contribution in [2.45, 2.75) is 26.7 Å². The Labute approximate surface area is 180 Å². The number of carbonyl (C=O) groups excluding carboxylic acids is 5. The highest BCUT2D eigenvalue weighted by molar-refractivity contribution is 6.21. The van der Waals surface area contributed by atoms with Crippen molar-refractivity contribution >= 4 is 41.0 Å². The van der Waals surface area contributed by atoms with Crippen LogP contribution in [-0.4, -0.2) is 45.8 Å². The van der Waals surface area contributed by atoms with Gasteiger partial charge in [0, 0.05) is 25.1 Å². The molecule has 3 rings (SSSR count). The van der Waals surface area contributed by atoms with E-state index >= 15 is 0 Å². The summed E-state index contributed by atoms with van der Waals surface area (Å²) in [6.45, 7) is 2.57. The molecule has 0 unspecified atom stereocenters. The van der Waals surface area contributed by atoms with Crippen LogP contribution >= 0.6 is 0 Å². The topological polar surface area (TPSA) is 183 Å². The molecule has 0 fully saturated rings. The van der Waals surface area contributed by atoms with Gasteiger partial charge in [-0.2, -0.15) is 0 Å². The van der Waals surface area contributed by atoms with Crippen molar-refractivity contribution < 1.29 is 33.3 Å². The van der Waals surface area contributed by atoms with Crippen LogP contribution in [0.4, 0.5) is 11.6 Å². The lowest BCUT2D eigenvalue weighted by Crippen LogP contribution is -2.31. The van der Waals surface area contributed by atoms with Crippen molar-refractivity contribution in [3.8, 4) is 0 Å². The normalized spacial score (nSPS) is 12.6.